The molecule has 0 saturated carbocycles. The van der Waals surface area contributed by atoms with E-state index in [2.05, 4.69) is 84.2 Å². The molecule has 0 atom stereocenters. The van der Waals surface area contributed by atoms with Crippen LogP contribution in [0.3, 0.4) is 0 Å². The lowest BCUT2D eigenvalue weighted by atomic mass is 9.95. The summed E-state index contributed by atoms with van der Waals surface area (Å²) in [6.07, 6.45) is 0. The van der Waals surface area contributed by atoms with Gasteiger partial charge in [-0.2, -0.15) is 0 Å². The van der Waals surface area contributed by atoms with Crippen LogP contribution >= 0.6 is 0 Å². The van der Waals surface area contributed by atoms with Gasteiger partial charge in [-0.1, -0.05) is 66.7 Å². The van der Waals surface area contributed by atoms with E-state index in [0.717, 1.165) is 0 Å². The van der Waals surface area contributed by atoms with Gasteiger partial charge in [-0.05, 0) is 39.4 Å². The van der Waals surface area contributed by atoms with E-state index in [1.54, 1.807) is 0 Å². The quantitative estimate of drug-likeness (QED) is 0.497. The SMILES string of the molecule is CNc1ccc(-c2ccc3ccccc3c2)c2ccccc12. The van der Waals surface area contributed by atoms with E-state index in [1.165, 1.54) is 38.4 Å². The van der Waals surface area contributed by atoms with Crippen molar-refractivity contribution in [2.75, 3.05) is 12.4 Å². The molecular formula is C21H17N. The first-order valence-electron chi connectivity index (χ1n) is 7.55. The van der Waals surface area contributed by atoms with Crippen molar-refractivity contribution in [1.82, 2.24) is 0 Å². The molecule has 0 aromatic heterocycles. The molecule has 0 aliphatic heterocycles. The van der Waals surface area contributed by atoms with Crippen LogP contribution in [0.1, 0.15) is 0 Å². The molecular weight excluding hydrogens is 266 g/mol. The fourth-order valence-corrected chi connectivity index (χ4v) is 3.13. The minimum atomic E-state index is 1.17. The van der Waals surface area contributed by atoms with Crippen molar-refractivity contribution in [3.63, 3.8) is 0 Å². The van der Waals surface area contributed by atoms with Crippen LogP contribution in [0.25, 0.3) is 32.7 Å². The zero-order valence-corrected chi connectivity index (χ0v) is 12.5. The molecule has 1 nitrogen and oxygen atoms in total. The molecule has 4 aromatic carbocycles. The molecule has 0 heterocycles. The van der Waals surface area contributed by atoms with Gasteiger partial charge in [0.1, 0.15) is 0 Å². The van der Waals surface area contributed by atoms with Gasteiger partial charge in [0, 0.05) is 18.1 Å². The predicted octanol–water partition coefficient (Wildman–Crippen LogP) is 5.70. The second-order valence-electron chi connectivity index (χ2n) is 5.52. The summed E-state index contributed by atoms with van der Waals surface area (Å²) < 4.78 is 0. The molecule has 0 amide bonds. The lowest BCUT2D eigenvalue weighted by molar-refractivity contribution is 1.54. The third-order valence-electron chi connectivity index (χ3n) is 4.25. The third kappa shape index (κ3) is 2.03. The molecule has 4 aromatic rings. The van der Waals surface area contributed by atoms with Gasteiger partial charge in [0.2, 0.25) is 0 Å². The minimum Gasteiger partial charge on any atom is -0.388 e. The van der Waals surface area contributed by atoms with Gasteiger partial charge in [-0.3, -0.25) is 0 Å². The predicted molar refractivity (Wildman–Crippen MR) is 96.4 cm³/mol. The normalized spacial score (nSPS) is 11.0. The molecule has 22 heavy (non-hydrogen) atoms. The first-order valence-corrected chi connectivity index (χ1v) is 7.55. The Labute approximate surface area is 130 Å². The molecule has 0 unspecified atom stereocenters. The largest absolute Gasteiger partial charge is 0.388 e. The number of benzene rings is 4. The van der Waals surface area contributed by atoms with Gasteiger partial charge in [0.05, 0.1) is 0 Å². The van der Waals surface area contributed by atoms with Crippen LogP contribution in [0.4, 0.5) is 5.69 Å². The summed E-state index contributed by atoms with van der Waals surface area (Å²) in [4.78, 5) is 0. The van der Waals surface area contributed by atoms with E-state index in [-0.39, 0.29) is 0 Å². The number of anilines is 1. The zero-order valence-electron chi connectivity index (χ0n) is 12.5. The first kappa shape index (κ1) is 12.9. The smallest absolute Gasteiger partial charge is 0.0417 e. The minimum absolute atomic E-state index is 1.17. The second kappa shape index (κ2) is 5.19. The Kier molecular flexibility index (Phi) is 3.05. The Morgan fingerprint density at radius 1 is 0.636 bits per heavy atom. The summed E-state index contributed by atoms with van der Waals surface area (Å²) in [5.41, 5.74) is 3.71. The molecule has 0 spiro atoms. The first-order chi connectivity index (χ1) is 10.9. The molecule has 0 radical (unpaired) electrons. The highest BCUT2D eigenvalue weighted by Gasteiger charge is 2.07. The van der Waals surface area contributed by atoms with E-state index >= 15 is 0 Å². The summed E-state index contributed by atoms with van der Waals surface area (Å²) in [5, 5.41) is 8.38. The standard InChI is InChI=1S/C21H17N/c1-22-21-13-12-18(19-8-4-5-9-20(19)21)17-11-10-15-6-2-3-7-16(15)14-17/h2-14,22H,1H3. The fourth-order valence-electron chi connectivity index (χ4n) is 3.13. The van der Waals surface area contributed by atoms with Crippen molar-refractivity contribution in [2.45, 2.75) is 0 Å². The van der Waals surface area contributed by atoms with E-state index in [4.69, 9.17) is 0 Å². The van der Waals surface area contributed by atoms with Gasteiger partial charge < -0.3 is 5.32 Å². The van der Waals surface area contributed by atoms with Gasteiger partial charge in [0.25, 0.3) is 0 Å². The third-order valence-corrected chi connectivity index (χ3v) is 4.25. The van der Waals surface area contributed by atoms with Crippen LogP contribution < -0.4 is 5.32 Å². The summed E-state index contributed by atoms with van der Waals surface area (Å²) in [6, 6.07) is 28.1. The van der Waals surface area contributed by atoms with Gasteiger partial charge >= 0.3 is 0 Å². The van der Waals surface area contributed by atoms with Crippen LogP contribution in [0.15, 0.2) is 78.9 Å². The number of hydrogen-bond donors (Lipinski definition) is 1. The maximum atomic E-state index is 3.28. The topological polar surface area (TPSA) is 12.0 Å². The van der Waals surface area contributed by atoms with Crippen molar-refractivity contribution in [2.24, 2.45) is 0 Å². The summed E-state index contributed by atoms with van der Waals surface area (Å²) in [5.74, 6) is 0. The molecule has 1 N–H and O–H groups in total. The molecule has 0 bridgehead atoms. The number of rotatable bonds is 2. The van der Waals surface area contributed by atoms with Crippen LogP contribution in [0.5, 0.6) is 0 Å². The maximum absolute atomic E-state index is 3.28. The van der Waals surface area contributed by atoms with Gasteiger partial charge in [-0.25, -0.2) is 0 Å². The van der Waals surface area contributed by atoms with Crippen molar-refractivity contribution in [1.29, 1.82) is 0 Å². The van der Waals surface area contributed by atoms with Crippen molar-refractivity contribution in [3.8, 4) is 11.1 Å². The lowest BCUT2D eigenvalue weighted by Gasteiger charge is -2.12. The molecule has 0 fully saturated rings. The highest BCUT2D eigenvalue weighted by molar-refractivity contribution is 6.04. The highest BCUT2D eigenvalue weighted by Crippen LogP contribution is 2.34. The summed E-state index contributed by atoms with van der Waals surface area (Å²) in [6.45, 7) is 0. The monoisotopic (exact) mass is 283 g/mol. The van der Waals surface area contributed by atoms with Crippen LogP contribution in [-0.2, 0) is 0 Å². The number of fused-ring (bicyclic) bond motifs is 2. The van der Waals surface area contributed by atoms with E-state index in [0.29, 0.717) is 0 Å². The second-order valence-corrected chi connectivity index (χ2v) is 5.52. The summed E-state index contributed by atoms with van der Waals surface area (Å²) in [7, 11) is 1.97. The molecule has 1 heteroatoms. The molecule has 0 saturated heterocycles. The van der Waals surface area contributed by atoms with Crippen LogP contribution in [0.2, 0.25) is 0 Å². The highest BCUT2D eigenvalue weighted by atomic mass is 14.8. The van der Waals surface area contributed by atoms with Gasteiger partial charge in [0.15, 0.2) is 0 Å². The Bertz CT molecular complexity index is 970. The maximum Gasteiger partial charge on any atom is 0.0417 e. The van der Waals surface area contributed by atoms with Crippen LogP contribution in [0, 0.1) is 0 Å². The summed E-state index contributed by atoms with van der Waals surface area (Å²) >= 11 is 0. The number of nitrogens with one attached hydrogen (secondary N) is 1. The molecule has 0 aliphatic rings. The zero-order chi connectivity index (χ0) is 14.9. The molecule has 106 valence electrons. The van der Waals surface area contributed by atoms with E-state index < -0.39 is 0 Å². The van der Waals surface area contributed by atoms with Crippen molar-refractivity contribution < 1.29 is 0 Å². The average molecular weight is 283 g/mol. The lowest BCUT2D eigenvalue weighted by Crippen LogP contribution is -1.91. The average Bonchev–Trinajstić information content (AvgIpc) is 2.60. The van der Waals surface area contributed by atoms with Crippen LogP contribution in [-0.4, -0.2) is 7.05 Å². The van der Waals surface area contributed by atoms with Crippen molar-refractivity contribution in [3.05, 3.63) is 78.9 Å². The van der Waals surface area contributed by atoms with E-state index in [9.17, 15) is 0 Å². The van der Waals surface area contributed by atoms with Crippen molar-refractivity contribution >= 4 is 27.2 Å². The Hall–Kier alpha value is -2.80. The van der Waals surface area contributed by atoms with E-state index in [1.807, 2.05) is 7.05 Å². The Morgan fingerprint density at radius 2 is 1.36 bits per heavy atom. The Balaban J connectivity index is 2.00. The van der Waals surface area contributed by atoms with Gasteiger partial charge in [-0.15, -0.1) is 0 Å². The Morgan fingerprint density at radius 3 is 2.18 bits per heavy atom. The number of hydrogen-bond acceptors (Lipinski definition) is 1. The molecule has 4 rings (SSSR count). The fraction of sp³-hybridized carbons (Fsp3) is 0.0476. The molecule has 0 aliphatic carbocycles.